The van der Waals surface area contributed by atoms with E-state index in [1.165, 1.54) is 12.3 Å². The lowest BCUT2D eigenvalue weighted by molar-refractivity contribution is -0.120. The fourth-order valence-corrected chi connectivity index (χ4v) is 1.97. The van der Waals surface area contributed by atoms with E-state index in [-0.39, 0.29) is 5.84 Å². The lowest BCUT2D eigenvalue weighted by Crippen LogP contribution is -2.48. The number of nitrogens with two attached hydrogens (primary N) is 1. The van der Waals surface area contributed by atoms with Gasteiger partial charge in [-0.05, 0) is 6.08 Å². The minimum atomic E-state index is -1.65. The maximum Gasteiger partial charge on any atom is 0.229 e. The van der Waals surface area contributed by atoms with Crippen LogP contribution in [0.1, 0.15) is 0 Å². The van der Waals surface area contributed by atoms with Crippen molar-refractivity contribution in [3.63, 3.8) is 0 Å². The van der Waals surface area contributed by atoms with Crippen molar-refractivity contribution in [3.05, 3.63) is 12.3 Å². The number of halogens is 1. The Morgan fingerprint density at radius 3 is 2.83 bits per heavy atom. The zero-order valence-electron chi connectivity index (χ0n) is 9.35. The highest BCUT2D eigenvalue weighted by Gasteiger charge is 2.48. The van der Waals surface area contributed by atoms with E-state index in [9.17, 15) is 9.50 Å². The van der Waals surface area contributed by atoms with Gasteiger partial charge in [0.1, 0.15) is 11.9 Å². The number of alkyl halides is 1. The molecule has 0 bridgehead atoms. The lowest BCUT2D eigenvalue weighted by atomic mass is 10.1. The molecule has 102 valence electrons. The van der Waals surface area contributed by atoms with Crippen LogP contribution in [-0.4, -0.2) is 63.7 Å². The molecule has 0 aromatic heterocycles. The van der Waals surface area contributed by atoms with Crippen molar-refractivity contribution in [2.24, 2.45) is 10.7 Å². The fourth-order valence-electron chi connectivity index (χ4n) is 1.97. The molecule has 5 atom stereocenters. The van der Waals surface area contributed by atoms with Crippen LogP contribution < -0.4 is 11.2 Å². The van der Waals surface area contributed by atoms with Gasteiger partial charge in [0.15, 0.2) is 12.4 Å². The number of hydroxylamine groups is 1. The molecule has 4 unspecified atom stereocenters. The number of nitrogens with one attached hydrogen (secondary N) is 1. The number of hydrogen-bond acceptors (Lipinski definition) is 8. The summed E-state index contributed by atoms with van der Waals surface area (Å²) >= 11 is 0. The molecule has 1 saturated heterocycles. The highest BCUT2D eigenvalue weighted by atomic mass is 19.1. The van der Waals surface area contributed by atoms with Crippen LogP contribution in [0, 0.1) is 0 Å². The molecule has 0 spiro atoms. The second-order valence-corrected chi connectivity index (χ2v) is 4.01. The minimum absolute atomic E-state index is 0.114. The molecule has 1 fully saturated rings. The molecular weight excluding hydrogens is 247 g/mol. The molecule has 6 N–H and O–H groups in total. The number of hydrogen-bond donors (Lipinski definition) is 5. The number of ether oxygens (including phenoxy) is 1. The van der Waals surface area contributed by atoms with Crippen LogP contribution >= 0.6 is 0 Å². The first kappa shape index (κ1) is 13.2. The van der Waals surface area contributed by atoms with Gasteiger partial charge in [-0.15, -0.1) is 0 Å². The van der Waals surface area contributed by atoms with E-state index >= 15 is 0 Å². The highest BCUT2D eigenvalue weighted by molar-refractivity contribution is 5.91. The SMILES string of the molecule is NC1=NC(O)N(C2O[C@H](CO)C(NO)C2F)C=C1. The van der Waals surface area contributed by atoms with Crippen molar-refractivity contribution >= 4 is 5.84 Å². The molecule has 0 aliphatic carbocycles. The summed E-state index contributed by atoms with van der Waals surface area (Å²) in [6, 6.07) is -1.08. The van der Waals surface area contributed by atoms with Gasteiger partial charge in [0.05, 0.1) is 12.6 Å². The van der Waals surface area contributed by atoms with Crippen molar-refractivity contribution < 1.29 is 24.5 Å². The van der Waals surface area contributed by atoms with E-state index in [1.54, 1.807) is 5.48 Å². The Labute approximate surface area is 102 Å². The first-order chi connectivity index (χ1) is 8.58. The summed E-state index contributed by atoms with van der Waals surface area (Å²) in [7, 11) is 0. The molecule has 8 nitrogen and oxygen atoms in total. The Kier molecular flexibility index (Phi) is 3.78. The van der Waals surface area contributed by atoms with Crippen LogP contribution in [-0.2, 0) is 4.74 Å². The molecule has 2 rings (SSSR count). The van der Waals surface area contributed by atoms with E-state index in [1.807, 2.05) is 0 Å². The van der Waals surface area contributed by atoms with Gasteiger partial charge in [-0.25, -0.2) is 9.38 Å². The van der Waals surface area contributed by atoms with Crippen molar-refractivity contribution in [1.29, 1.82) is 0 Å². The van der Waals surface area contributed by atoms with Gasteiger partial charge >= 0.3 is 0 Å². The lowest BCUT2D eigenvalue weighted by Gasteiger charge is -2.32. The monoisotopic (exact) mass is 262 g/mol. The molecule has 9 heteroatoms. The van der Waals surface area contributed by atoms with Crippen molar-refractivity contribution in [3.8, 4) is 0 Å². The van der Waals surface area contributed by atoms with E-state index < -0.39 is 37.5 Å². The van der Waals surface area contributed by atoms with Crippen molar-refractivity contribution in [1.82, 2.24) is 10.4 Å². The molecule has 2 aliphatic rings. The van der Waals surface area contributed by atoms with E-state index in [0.717, 1.165) is 4.90 Å². The van der Waals surface area contributed by atoms with Gasteiger partial charge in [0, 0.05) is 6.20 Å². The molecule has 0 radical (unpaired) electrons. The predicted octanol–water partition coefficient (Wildman–Crippen LogP) is -2.15. The maximum absolute atomic E-state index is 14.0. The third-order valence-electron chi connectivity index (χ3n) is 2.90. The summed E-state index contributed by atoms with van der Waals surface area (Å²) < 4.78 is 19.2. The van der Waals surface area contributed by atoms with E-state index in [2.05, 4.69) is 4.99 Å². The summed E-state index contributed by atoms with van der Waals surface area (Å²) in [4.78, 5) is 4.75. The predicted molar refractivity (Wildman–Crippen MR) is 58.0 cm³/mol. The summed E-state index contributed by atoms with van der Waals surface area (Å²) in [5, 5.41) is 27.5. The van der Waals surface area contributed by atoms with Crippen molar-refractivity contribution in [2.75, 3.05) is 6.61 Å². The van der Waals surface area contributed by atoms with Crippen LogP contribution in [0.25, 0.3) is 0 Å². The van der Waals surface area contributed by atoms with Crippen LogP contribution in [0.4, 0.5) is 4.39 Å². The normalized spacial score (nSPS) is 40.1. The number of rotatable bonds is 3. The highest BCUT2D eigenvalue weighted by Crippen LogP contribution is 2.28. The smallest absolute Gasteiger partial charge is 0.229 e. The third-order valence-corrected chi connectivity index (χ3v) is 2.90. The molecule has 0 saturated carbocycles. The van der Waals surface area contributed by atoms with Crippen LogP contribution in [0.5, 0.6) is 0 Å². The Morgan fingerprint density at radius 2 is 2.33 bits per heavy atom. The van der Waals surface area contributed by atoms with Gasteiger partial charge in [0.2, 0.25) is 6.35 Å². The van der Waals surface area contributed by atoms with Gasteiger partial charge in [0.25, 0.3) is 0 Å². The van der Waals surface area contributed by atoms with Crippen LogP contribution in [0.3, 0.4) is 0 Å². The van der Waals surface area contributed by atoms with Crippen LogP contribution in [0.15, 0.2) is 17.3 Å². The Hall–Kier alpha value is -1.26. The number of aliphatic hydroxyl groups is 2. The second kappa shape index (κ2) is 5.16. The summed E-state index contributed by atoms with van der Waals surface area (Å²) in [6.07, 6.45) is -2.38. The Morgan fingerprint density at radius 1 is 1.61 bits per heavy atom. The summed E-state index contributed by atoms with van der Waals surface area (Å²) in [6.45, 7) is -0.464. The Bertz CT molecular complexity index is 366. The quantitative estimate of drug-likeness (QED) is 0.367. The fraction of sp³-hybridized carbons (Fsp3) is 0.667. The number of aliphatic imine (C=N–C) groups is 1. The van der Waals surface area contributed by atoms with Gasteiger partial charge < -0.3 is 30.8 Å². The zero-order chi connectivity index (χ0) is 13.3. The third kappa shape index (κ3) is 2.18. The van der Waals surface area contributed by atoms with E-state index in [0.29, 0.717) is 0 Å². The minimum Gasteiger partial charge on any atom is -0.394 e. The van der Waals surface area contributed by atoms with Gasteiger partial charge in [-0.1, -0.05) is 0 Å². The summed E-state index contributed by atoms with van der Waals surface area (Å²) in [5.74, 6) is 0.114. The maximum atomic E-state index is 14.0. The van der Waals surface area contributed by atoms with Gasteiger partial charge in [-0.2, -0.15) is 5.48 Å². The molecule has 18 heavy (non-hydrogen) atoms. The zero-order valence-corrected chi connectivity index (χ0v) is 9.35. The number of nitrogens with zero attached hydrogens (tertiary/aromatic N) is 2. The van der Waals surface area contributed by atoms with Gasteiger partial charge in [-0.3, -0.25) is 0 Å². The average Bonchev–Trinajstić information content (AvgIpc) is 2.66. The van der Waals surface area contributed by atoms with Crippen molar-refractivity contribution in [2.45, 2.75) is 30.9 Å². The standard InChI is InChI=1S/C9H15FN4O4/c10-6-7(13-17)4(3-15)18-8(6)14-2-1-5(11)12-9(14)16/h1-2,4,6-9,13,15-17H,3H2,(H2,11,12)/t4-,6?,7?,8?,9?/m1/s1. The first-order valence-electron chi connectivity index (χ1n) is 5.35. The first-order valence-corrected chi connectivity index (χ1v) is 5.35. The second-order valence-electron chi connectivity index (χ2n) is 4.01. The van der Waals surface area contributed by atoms with E-state index in [4.69, 9.17) is 20.8 Å². The molecule has 0 aromatic carbocycles. The number of amidine groups is 1. The molecule has 0 aromatic rings. The van der Waals surface area contributed by atoms with Crippen LogP contribution in [0.2, 0.25) is 0 Å². The number of aliphatic hydroxyl groups excluding tert-OH is 2. The molecule has 0 amide bonds. The molecular formula is C9H15FN4O4. The Balaban J connectivity index is 2.13. The summed E-state index contributed by atoms with van der Waals surface area (Å²) in [5.41, 5.74) is 7.13. The largest absolute Gasteiger partial charge is 0.394 e. The average molecular weight is 262 g/mol. The molecule has 2 aliphatic heterocycles. The molecule has 2 heterocycles. The topological polar surface area (TPSA) is 124 Å².